The summed E-state index contributed by atoms with van der Waals surface area (Å²) in [4.78, 5) is 44.6. The number of rotatable bonds is 12. The summed E-state index contributed by atoms with van der Waals surface area (Å²) in [5, 5.41) is 1.99. The Labute approximate surface area is 169 Å². The van der Waals surface area contributed by atoms with Crippen LogP contribution in [0.4, 0.5) is 4.79 Å². The maximum atomic E-state index is 11.3. The number of hydrogen-bond donors (Lipinski definition) is 2. The number of carbonyl (C=O) groups excluding carboxylic acids is 3. The third kappa shape index (κ3) is 9.97. The van der Waals surface area contributed by atoms with Gasteiger partial charge in [0.15, 0.2) is 0 Å². The molecule has 168 valence electrons. The Balaban J connectivity index is 2.38. The van der Waals surface area contributed by atoms with E-state index < -0.39 is 27.0 Å². The zero-order valence-corrected chi connectivity index (χ0v) is 17.9. The third-order valence-electron chi connectivity index (χ3n) is 3.66. The Kier molecular flexibility index (Phi) is 11.0. The van der Waals surface area contributed by atoms with Crippen LogP contribution in [0, 0.1) is 0 Å². The first-order valence-corrected chi connectivity index (χ1v) is 10.5. The van der Waals surface area contributed by atoms with Crippen LogP contribution >= 0.6 is 8.17 Å². The molecular weight excluding hydrogens is 411 g/mol. The number of nitrogens with one attached hydrogen (secondary N) is 1. The molecule has 1 rings (SSSR count). The normalized spacial score (nSPS) is 19.9. The van der Waals surface area contributed by atoms with Crippen molar-refractivity contribution in [3.8, 4) is 0 Å². The zero-order chi connectivity index (χ0) is 21.9. The van der Waals surface area contributed by atoms with Crippen molar-refractivity contribution in [1.82, 2.24) is 10.2 Å². The monoisotopic (exact) mass is 440 g/mol. The minimum atomic E-state index is -4.01. The van der Waals surface area contributed by atoms with Gasteiger partial charge >= 0.3 is 169 Å². The molecule has 13 heteroatoms. The Bertz CT molecular complexity index is 576. The molecule has 1 saturated heterocycles. The van der Waals surface area contributed by atoms with E-state index in [4.69, 9.17) is 23.0 Å². The number of ether oxygens (including phenoxy) is 3. The number of imide groups is 1. The summed E-state index contributed by atoms with van der Waals surface area (Å²) in [6.07, 6.45) is 2.34. The van der Waals surface area contributed by atoms with Crippen molar-refractivity contribution in [2.75, 3.05) is 27.6 Å². The molecule has 2 amide bonds. The topological polar surface area (TPSA) is 142 Å². The molecule has 0 aliphatic carbocycles. The Hall–Kier alpha value is -1.82. The van der Waals surface area contributed by atoms with Gasteiger partial charge < -0.3 is 0 Å². The average molecular weight is 440 g/mol. The molecule has 0 radical (unpaired) electrons. The molecule has 0 bridgehead atoms. The van der Waals surface area contributed by atoms with Gasteiger partial charge in [-0.1, -0.05) is 0 Å². The van der Waals surface area contributed by atoms with E-state index in [1.807, 2.05) is 5.32 Å². The van der Waals surface area contributed by atoms with E-state index in [-0.39, 0.29) is 25.0 Å². The molecule has 29 heavy (non-hydrogen) atoms. The fourth-order valence-corrected chi connectivity index (χ4v) is 3.16. The summed E-state index contributed by atoms with van der Waals surface area (Å²) in [7, 11) is -1.09. The molecule has 1 aliphatic rings. The van der Waals surface area contributed by atoms with Crippen LogP contribution < -0.4 is 5.32 Å². The van der Waals surface area contributed by atoms with E-state index in [2.05, 4.69) is 4.74 Å². The van der Waals surface area contributed by atoms with Crippen molar-refractivity contribution in [1.29, 1.82) is 0 Å². The first kappa shape index (κ1) is 25.2. The Morgan fingerprint density at radius 2 is 2.07 bits per heavy atom. The molecule has 1 fully saturated rings. The Morgan fingerprint density at radius 1 is 1.34 bits per heavy atom. The first-order chi connectivity index (χ1) is 13.7. The second-order valence-electron chi connectivity index (χ2n) is 6.26. The summed E-state index contributed by atoms with van der Waals surface area (Å²) in [5.41, 5.74) is 0. The summed E-state index contributed by atoms with van der Waals surface area (Å²) in [6, 6.07) is 0. The van der Waals surface area contributed by atoms with Crippen LogP contribution in [-0.2, 0) is 37.4 Å². The van der Waals surface area contributed by atoms with Crippen LogP contribution in [0.15, 0.2) is 12.3 Å². The molecule has 2 atom stereocenters. The molecular formula is C16H29N2O10P. The molecule has 12 nitrogen and oxygen atoms in total. The van der Waals surface area contributed by atoms with Gasteiger partial charge in [-0.3, -0.25) is 0 Å². The molecule has 0 spiro atoms. The van der Waals surface area contributed by atoms with Crippen LogP contribution in [-0.4, -0.2) is 74.3 Å². The number of nitrogens with zero attached hydrogens (tertiary/aromatic N) is 1. The Morgan fingerprint density at radius 3 is 2.69 bits per heavy atom. The van der Waals surface area contributed by atoms with Gasteiger partial charge in [-0.05, 0) is 0 Å². The molecule has 0 saturated carbocycles. The second kappa shape index (κ2) is 12.7. The van der Waals surface area contributed by atoms with Crippen LogP contribution in [0.1, 0.15) is 26.7 Å². The number of carbonyl (C=O) groups is 3. The SMILES string of the molecule is CO[PH](O)(OCOC(=O)OC(C)C)OCC1CCC(N(C)/C=C\C(=O)NC=O)O1. The van der Waals surface area contributed by atoms with Crippen molar-refractivity contribution in [3.63, 3.8) is 0 Å². The zero-order valence-electron chi connectivity index (χ0n) is 16.9. The quantitative estimate of drug-likeness (QED) is 0.146. The van der Waals surface area contributed by atoms with Gasteiger partial charge in [0.05, 0.1) is 0 Å². The molecule has 0 aromatic rings. The average Bonchev–Trinajstić information content (AvgIpc) is 3.13. The van der Waals surface area contributed by atoms with E-state index >= 15 is 0 Å². The molecule has 1 heterocycles. The van der Waals surface area contributed by atoms with Crippen LogP contribution in [0.3, 0.4) is 0 Å². The molecule has 2 unspecified atom stereocenters. The number of amides is 2. The van der Waals surface area contributed by atoms with Crippen LogP contribution in [0.2, 0.25) is 0 Å². The molecule has 0 aromatic carbocycles. The van der Waals surface area contributed by atoms with Crippen molar-refractivity contribution in [3.05, 3.63) is 12.3 Å². The predicted octanol–water partition coefficient (Wildman–Crippen LogP) is 0.810. The first-order valence-electron chi connectivity index (χ1n) is 8.87. The summed E-state index contributed by atoms with van der Waals surface area (Å²) in [5.74, 6) is -0.544. The van der Waals surface area contributed by atoms with E-state index in [1.165, 1.54) is 19.4 Å². The van der Waals surface area contributed by atoms with Crippen molar-refractivity contribution < 1.29 is 47.1 Å². The van der Waals surface area contributed by atoms with Crippen molar-refractivity contribution >= 4 is 26.6 Å². The minimum absolute atomic E-state index is 0.00726. The predicted molar refractivity (Wildman–Crippen MR) is 101 cm³/mol. The van der Waals surface area contributed by atoms with Crippen LogP contribution in [0.25, 0.3) is 0 Å². The molecule has 0 aromatic heterocycles. The van der Waals surface area contributed by atoms with Gasteiger partial charge in [-0.15, -0.1) is 0 Å². The summed E-state index contributed by atoms with van der Waals surface area (Å²) < 4.78 is 30.5. The van der Waals surface area contributed by atoms with Crippen LogP contribution in [0.5, 0.6) is 0 Å². The third-order valence-corrected chi connectivity index (χ3v) is 5.19. The van der Waals surface area contributed by atoms with Crippen molar-refractivity contribution in [2.45, 2.75) is 45.1 Å². The molecule has 2 N–H and O–H groups in total. The maximum absolute atomic E-state index is 11.3. The van der Waals surface area contributed by atoms with E-state index in [0.717, 1.165) is 0 Å². The number of hydrogen-bond acceptors (Lipinski definition) is 11. The fourth-order valence-electron chi connectivity index (χ4n) is 2.23. The van der Waals surface area contributed by atoms with Gasteiger partial charge in [-0.2, -0.15) is 0 Å². The van der Waals surface area contributed by atoms with Gasteiger partial charge in [0.2, 0.25) is 0 Å². The van der Waals surface area contributed by atoms with Gasteiger partial charge in [-0.25, -0.2) is 0 Å². The summed E-state index contributed by atoms with van der Waals surface area (Å²) in [6.45, 7) is 2.72. The second-order valence-corrected chi connectivity index (χ2v) is 8.29. The molecule has 1 aliphatic heterocycles. The van der Waals surface area contributed by atoms with E-state index in [1.54, 1.807) is 25.8 Å². The summed E-state index contributed by atoms with van der Waals surface area (Å²) >= 11 is 0. The standard InChI is InChI=1S/C16H29N2O10P/c1-12(2)27-16(21)24-11-26-29(22,23-4)25-9-13-5-6-15(28-13)18(3)8-7-14(20)17-10-19/h7-8,10,12-13,15,22,29H,5-6,9,11H2,1-4H3,(H,17,19,20)/b8-7-. The van der Waals surface area contributed by atoms with Crippen molar-refractivity contribution in [2.24, 2.45) is 0 Å². The van der Waals surface area contributed by atoms with Gasteiger partial charge in [0.25, 0.3) is 0 Å². The van der Waals surface area contributed by atoms with E-state index in [0.29, 0.717) is 19.3 Å². The van der Waals surface area contributed by atoms with E-state index in [9.17, 15) is 19.3 Å². The van der Waals surface area contributed by atoms with Gasteiger partial charge in [0.1, 0.15) is 0 Å². The van der Waals surface area contributed by atoms with Gasteiger partial charge in [0, 0.05) is 0 Å². The fraction of sp³-hybridized carbons (Fsp3) is 0.688.